The molecule has 0 amide bonds. The van der Waals surface area contributed by atoms with Crippen LogP contribution in [0, 0.1) is 6.54 Å². The van der Waals surface area contributed by atoms with Gasteiger partial charge in [0.05, 0.1) is 12.9 Å². The monoisotopic (exact) mass is 166 g/mol. The lowest BCUT2D eigenvalue weighted by molar-refractivity contribution is 0.308. The van der Waals surface area contributed by atoms with Gasteiger partial charge in [-0.15, -0.1) is 0 Å². The van der Waals surface area contributed by atoms with Crippen molar-refractivity contribution < 1.29 is 0 Å². The van der Waals surface area contributed by atoms with Crippen LogP contribution < -0.4 is 0 Å². The van der Waals surface area contributed by atoms with E-state index >= 15 is 0 Å². The highest BCUT2D eigenvalue weighted by Crippen LogP contribution is 2.04. The molecule has 12 heavy (non-hydrogen) atoms. The summed E-state index contributed by atoms with van der Waals surface area (Å²) < 4.78 is 1.99. The second-order valence-corrected chi connectivity index (χ2v) is 3.10. The Labute approximate surface area is 74.0 Å². The summed E-state index contributed by atoms with van der Waals surface area (Å²) in [4.78, 5) is 6.18. The van der Waals surface area contributed by atoms with Gasteiger partial charge in [0.1, 0.15) is 0 Å². The molecule has 3 nitrogen and oxygen atoms in total. The van der Waals surface area contributed by atoms with Crippen molar-refractivity contribution in [2.75, 3.05) is 14.1 Å². The van der Waals surface area contributed by atoms with E-state index in [4.69, 9.17) is 0 Å². The van der Waals surface area contributed by atoms with E-state index < -0.39 is 0 Å². The van der Waals surface area contributed by atoms with Crippen LogP contribution in [0.1, 0.15) is 13.3 Å². The normalized spacial score (nSPS) is 13.7. The Hall–Kier alpha value is -0.830. The number of imidazole rings is 1. The van der Waals surface area contributed by atoms with E-state index in [1.165, 1.54) is 0 Å². The van der Waals surface area contributed by atoms with Gasteiger partial charge in [0.25, 0.3) is 0 Å². The minimum atomic E-state index is 0.485. The molecule has 0 saturated heterocycles. The fourth-order valence-electron chi connectivity index (χ4n) is 1.16. The second kappa shape index (κ2) is 4.26. The Morgan fingerprint density at radius 1 is 1.58 bits per heavy atom. The number of hydrogen-bond acceptors (Lipinski definition) is 2. The number of hydrogen-bond donors (Lipinski definition) is 0. The summed E-state index contributed by atoms with van der Waals surface area (Å²) in [5.74, 6) is 0. The summed E-state index contributed by atoms with van der Waals surface area (Å²) in [6.07, 6.45) is 6.67. The molecule has 1 unspecified atom stereocenters. The van der Waals surface area contributed by atoms with E-state index in [1.54, 1.807) is 6.20 Å². The highest BCUT2D eigenvalue weighted by Gasteiger charge is 2.08. The third-order valence-electron chi connectivity index (χ3n) is 1.95. The summed E-state index contributed by atoms with van der Waals surface area (Å²) in [5.41, 5.74) is 0. The summed E-state index contributed by atoms with van der Waals surface area (Å²) in [5, 5.41) is 0. The maximum atomic E-state index is 3.98. The third-order valence-corrected chi connectivity index (χ3v) is 1.95. The molecular formula is C9H16N3. The fourth-order valence-corrected chi connectivity index (χ4v) is 1.16. The van der Waals surface area contributed by atoms with Gasteiger partial charge in [0, 0.05) is 18.4 Å². The van der Waals surface area contributed by atoms with Crippen molar-refractivity contribution in [2.24, 2.45) is 0 Å². The van der Waals surface area contributed by atoms with Gasteiger partial charge in [0.2, 0.25) is 0 Å². The number of rotatable bonds is 4. The molecule has 0 aliphatic carbocycles. The molecule has 1 radical (unpaired) electrons. The predicted octanol–water partition coefficient (Wildman–Crippen LogP) is 1.23. The van der Waals surface area contributed by atoms with Crippen LogP contribution in [0.25, 0.3) is 0 Å². The van der Waals surface area contributed by atoms with Crippen LogP contribution in [0.3, 0.4) is 0 Å². The number of aromatic nitrogens is 2. The first-order chi connectivity index (χ1) is 5.74. The Morgan fingerprint density at radius 3 is 2.75 bits per heavy atom. The minimum Gasteiger partial charge on any atom is -0.331 e. The van der Waals surface area contributed by atoms with Gasteiger partial charge in [-0.05, 0) is 20.5 Å². The first kappa shape index (κ1) is 9.26. The Bertz CT molecular complexity index is 204. The molecule has 0 aliphatic rings. The van der Waals surface area contributed by atoms with E-state index in [0.717, 1.165) is 6.42 Å². The zero-order chi connectivity index (χ0) is 8.97. The lowest BCUT2D eigenvalue weighted by atomic mass is 10.2. The van der Waals surface area contributed by atoms with Crippen molar-refractivity contribution in [1.29, 1.82) is 0 Å². The number of nitrogens with zero attached hydrogens (tertiary/aromatic N) is 3. The fraction of sp³-hybridized carbons (Fsp3) is 0.556. The summed E-state index contributed by atoms with van der Waals surface area (Å²) in [7, 11) is 4.17. The van der Waals surface area contributed by atoms with Crippen molar-refractivity contribution in [3.8, 4) is 0 Å². The second-order valence-electron chi connectivity index (χ2n) is 3.10. The summed E-state index contributed by atoms with van der Waals surface area (Å²) in [6.45, 7) is 4.34. The zero-order valence-corrected chi connectivity index (χ0v) is 7.94. The first-order valence-corrected chi connectivity index (χ1v) is 4.23. The average molecular weight is 166 g/mol. The van der Waals surface area contributed by atoms with Gasteiger partial charge in [-0.3, -0.25) is 0 Å². The topological polar surface area (TPSA) is 21.1 Å². The lowest BCUT2D eigenvalue weighted by Crippen LogP contribution is -2.29. The molecule has 0 spiro atoms. The van der Waals surface area contributed by atoms with E-state index in [9.17, 15) is 0 Å². The van der Waals surface area contributed by atoms with Gasteiger partial charge >= 0.3 is 0 Å². The van der Waals surface area contributed by atoms with E-state index in [0.29, 0.717) is 6.04 Å². The smallest absolute Gasteiger partial charge is 0.0949 e. The molecule has 0 aromatic carbocycles. The Kier molecular flexibility index (Phi) is 3.29. The van der Waals surface area contributed by atoms with Crippen molar-refractivity contribution in [3.63, 3.8) is 0 Å². The van der Waals surface area contributed by atoms with Crippen LogP contribution in [0.4, 0.5) is 0 Å². The highest BCUT2D eigenvalue weighted by molar-refractivity contribution is 4.89. The maximum Gasteiger partial charge on any atom is 0.0949 e. The van der Waals surface area contributed by atoms with E-state index in [1.807, 2.05) is 17.1 Å². The summed E-state index contributed by atoms with van der Waals surface area (Å²) in [6, 6.07) is 0.485. The molecule has 0 fully saturated rings. The van der Waals surface area contributed by atoms with Crippen molar-refractivity contribution in [3.05, 3.63) is 25.3 Å². The SMILES string of the molecule is CCC([CH]n1ccnc1)N(C)C. The van der Waals surface area contributed by atoms with Gasteiger partial charge in [-0.2, -0.15) is 0 Å². The molecule has 0 aliphatic heterocycles. The molecule has 1 heterocycles. The molecule has 0 saturated carbocycles. The van der Waals surface area contributed by atoms with Crippen LogP contribution in [-0.4, -0.2) is 34.6 Å². The Morgan fingerprint density at radius 2 is 2.33 bits per heavy atom. The number of likely N-dealkylation sites (N-methyl/N-ethyl adjacent to an activating group) is 1. The quantitative estimate of drug-likeness (QED) is 0.671. The molecule has 1 aromatic heterocycles. The zero-order valence-electron chi connectivity index (χ0n) is 7.94. The molecule has 67 valence electrons. The van der Waals surface area contributed by atoms with Crippen LogP contribution in [0.15, 0.2) is 18.7 Å². The molecular weight excluding hydrogens is 150 g/mol. The molecule has 0 N–H and O–H groups in total. The van der Waals surface area contributed by atoms with Gasteiger partial charge < -0.3 is 9.47 Å². The van der Waals surface area contributed by atoms with Crippen molar-refractivity contribution in [1.82, 2.24) is 14.5 Å². The Balaban J connectivity index is 2.48. The van der Waals surface area contributed by atoms with Gasteiger partial charge in [-0.1, -0.05) is 6.92 Å². The van der Waals surface area contributed by atoms with Gasteiger partial charge in [0.15, 0.2) is 0 Å². The van der Waals surface area contributed by atoms with Crippen molar-refractivity contribution in [2.45, 2.75) is 19.4 Å². The maximum absolute atomic E-state index is 3.98. The van der Waals surface area contributed by atoms with E-state index in [-0.39, 0.29) is 0 Å². The molecule has 1 aromatic rings. The molecule has 1 rings (SSSR count). The average Bonchev–Trinajstić information content (AvgIpc) is 2.51. The largest absolute Gasteiger partial charge is 0.331 e. The van der Waals surface area contributed by atoms with Crippen LogP contribution in [0.2, 0.25) is 0 Å². The van der Waals surface area contributed by atoms with Gasteiger partial charge in [-0.25, -0.2) is 4.98 Å². The predicted molar refractivity (Wildman–Crippen MR) is 49.7 cm³/mol. The molecule has 3 heteroatoms. The third kappa shape index (κ3) is 2.34. The first-order valence-electron chi connectivity index (χ1n) is 4.23. The lowest BCUT2D eigenvalue weighted by Gasteiger charge is -2.22. The van der Waals surface area contributed by atoms with Crippen LogP contribution >= 0.6 is 0 Å². The standard InChI is InChI=1S/C9H16N3/c1-4-9(11(2)3)7-12-6-5-10-8-12/h5-9H,4H2,1-3H3. The van der Waals surface area contributed by atoms with Crippen LogP contribution in [0.5, 0.6) is 0 Å². The minimum absolute atomic E-state index is 0.485. The molecule has 0 bridgehead atoms. The van der Waals surface area contributed by atoms with Crippen molar-refractivity contribution >= 4 is 0 Å². The summed E-state index contributed by atoms with van der Waals surface area (Å²) >= 11 is 0. The highest BCUT2D eigenvalue weighted by atomic mass is 15.1. The van der Waals surface area contributed by atoms with E-state index in [2.05, 4.69) is 37.4 Å². The van der Waals surface area contributed by atoms with Crippen LogP contribution in [-0.2, 0) is 0 Å². The molecule has 1 atom stereocenters.